The van der Waals surface area contributed by atoms with E-state index in [2.05, 4.69) is 4.31 Å². The first-order chi connectivity index (χ1) is 10.0. The highest BCUT2D eigenvalue weighted by molar-refractivity contribution is 7.63. The Morgan fingerprint density at radius 2 is 1.91 bits per heavy atom. The van der Waals surface area contributed by atoms with E-state index in [-0.39, 0.29) is 6.54 Å². The first-order valence-electron chi connectivity index (χ1n) is 5.63. The predicted molar refractivity (Wildman–Crippen MR) is 71.1 cm³/mol. The van der Waals surface area contributed by atoms with E-state index in [9.17, 15) is 23.6 Å². The highest BCUT2D eigenvalue weighted by Gasteiger charge is 2.31. The summed E-state index contributed by atoms with van der Waals surface area (Å²) in [7, 11) is -9.93. The number of nitrogens with zero attached hydrogens (tertiary/aromatic N) is 1. The standard InChI is InChI=1S/C8H14N2O10P2/c11-4-6(3-10-2-1-7(12)9-8(10)13)19-5-21(14,15)20-22(16,17)18/h1-2,6,11H,3-5H2,(H,14,15)(H,9,12,13)(H2,16,17,18). The van der Waals surface area contributed by atoms with Crippen molar-refractivity contribution < 1.29 is 38.0 Å². The summed E-state index contributed by atoms with van der Waals surface area (Å²) in [5.74, 6) is 0. The fourth-order valence-electron chi connectivity index (χ4n) is 1.36. The van der Waals surface area contributed by atoms with Crippen LogP contribution in [0.25, 0.3) is 0 Å². The highest BCUT2D eigenvalue weighted by atomic mass is 31.3. The Morgan fingerprint density at radius 3 is 2.41 bits per heavy atom. The van der Waals surface area contributed by atoms with Crippen LogP contribution in [-0.4, -0.2) is 48.4 Å². The van der Waals surface area contributed by atoms with Crippen molar-refractivity contribution >= 4 is 15.4 Å². The van der Waals surface area contributed by atoms with Gasteiger partial charge in [0.05, 0.1) is 19.3 Å². The van der Waals surface area contributed by atoms with Crippen LogP contribution in [0.15, 0.2) is 21.9 Å². The third kappa shape index (κ3) is 6.77. The van der Waals surface area contributed by atoms with Gasteiger partial charge in [-0.3, -0.25) is 18.9 Å². The van der Waals surface area contributed by atoms with Crippen LogP contribution in [0.1, 0.15) is 0 Å². The van der Waals surface area contributed by atoms with Gasteiger partial charge in [0.2, 0.25) is 0 Å². The number of aromatic nitrogens is 2. The largest absolute Gasteiger partial charge is 0.476 e. The Labute approximate surface area is 122 Å². The fourth-order valence-corrected chi connectivity index (χ4v) is 3.28. The number of aliphatic hydroxyl groups excluding tert-OH is 1. The molecule has 0 bridgehead atoms. The molecule has 12 nitrogen and oxygen atoms in total. The van der Waals surface area contributed by atoms with Gasteiger partial charge in [0.1, 0.15) is 6.35 Å². The lowest BCUT2D eigenvalue weighted by Gasteiger charge is -2.18. The number of aliphatic hydroxyl groups is 1. The Hall–Kier alpha value is -1.10. The molecule has 0 aliphatic heterocycles. The number of rotatable bonds is 8. The molecular formula is C8H14N2O10P2. The van der Waals surface area contributed by atoms with E-state index in [1.807, 2.05) is 4.98 Å². The van der Waals surface area contributed by atoms with Crippen LogP contribution in [0.3, 0.4) is 0 Å². The summed E-state index contributed by atoms with van der Waals surface area (Å²) in [5, 5.41) is 9.08. The van der Waals surface area contributed by atoms with Gasteiger partial charge in [0.25, 0.3) is 5.56 Å². The molecule has 22 heavy (non-hydrogen) atoms. The highest BCUT2D eigenvalue weighted by Crippen LogP contribution is 2.56. The molecule has 0 aliphatic carbocycles. The minimum Gasteiger partial charge on any atom is -0.394 e. The second-order valence-electron chi connectivity index (χ2n) is 4.07. The molecule has 126 valence electrons. The molecule has 1 aromatic rings. The van der Waals surface area contributed by atoms with Crippen molar-refractivity contribution in [1.82, 2.24) is 9.55 Å². The Bertz CT molecular complexity index is 705. The van der Waals surface area contributed by atoms with E-state index in [0.717, 1.165) is 16.8 Å². The van der Waals surface area contributed by atoms with Crippen LogP contribution in [-0.2, 0) is 24.7 Å². The molecule has 0 fully saturated rings. The van der Waals surface area contributed by atoms with Gasteiger partial charge in [0, 0.05) is 12.3 Å². The summed E-state index contributed by atoms with van der Waals surface area (Å²) in [4.78, 5) is 50.3. The number of H-pyrrole nitrogens is 1. The third-order valence-corrected chi connectivity index (χ3v) is 4.56. The Balaban J connectivity index is 2.70. The molecular weight excluding hydrogens is 346 g/mol. The first-order valence-corrected chi connectivity index (χ1v) is 8.92. The summed E-state index contributed by atoms with van der Waals surface area (Å²) < 4.78 is 31.3. The molecule has 1 aromatic heterocycles. The number of hydrogen-bond acceptors (Lipinski definition) is 7. The maximum atomic E-state index is 11.4. The van der Waals surface area contributed by atoms with E-state index in [1.165, 1.54) is 0 Å². The van der Waals surface area contributed by atoms with E-state index >= 15 is 0 Å². The molecule has 0 spiro atoms. The molecule has 2 unspecified atom stereocenters. The smallest absolute Gasteiger partial charge is 0.394 e. The zero-order chi connectivity index (χ0) is 17.0. The van der Waals surface area contributed by atoms with Crippen LogP contribution in [0.2, 0.25) is 0 Å². The van der Waals surface area contributed by atoms with Crippen LogP contribution in [0.4, 0.5) is 0 Å². The second-order valence-corrected chi connectivity index (χ2v) is 7.24. The van der Waals surface area contributed by atoms with Gasteiger partial charge < -0.3 is 24.5 Å². The minimum atomic E-state index is -5.19. The summed E-state index contributed by atoms with van der Waals surface area (Å²) in [6.07, 6.45) is -1.14. The Morgan fingerprint density at radius 1 is 1.27 bits per heavy atom. The van der Waals surface area contributed by atoms with Crippen molar-refractivity contribution in [3.8, 4) is 0 Å². The van der Waals surface area contributed by atoms with Crippen molar-refractivity contribution in [3.05, 3.63) is 33.1 Å². The number of phosphoric acid groups is 1. The molecule has 0 saturated carbocycles. The SMILES string of the molecule is O=c1ccn(CC(CO)OCP(=O)(O)OP(=O)(O)O)c(=O)[nH]1. The molecule has 1 rings (SSSR count). The van der Waals surface area contributed by atoms with Crippen LogP contribution >= 0.6 is 15.4 Å². The van der Waals surface area contributed by atoms with Gasteiger partial charge in [-0.1, -0.05) is 0 Å². The second kappa shape index (κ2) is 7.44. The van der Waals surface area contributed by atoms with E-state index < -0.39 is 45.7 Å². The van der Waals surface area contributed by atoms with E-state index in [1.54, 1.807) is 0 Å². The summed E-state index contributed by atoms with van der Waals surface area (Å²) in [6, 6.07) is 1.05. The van der Waals surface area contributed by atoms with Crippen molar-refractivity contribution in [2.24, 2.45) is 0 Å². The van der Waals surface area contributed by atoms with Crippen molar-refractivity contribution in [2.75, 3.05) is 13.0 Å². The summed E-state index contributed by atoms with van der Waals surface area (Å²) in [5.41, 5.74) is -1.41. The van der Waals surface area contributed by atoms with Crippen LogP contribution < -0.4 is 11.2 Å². The van der Waals surface area contributed by atoms with Gasteiger partial charge in [-0.2, -0.15) is 0 Å². The maximum absolute atomic E-state index is 11.4. The van der Waals surface area contributed by atoms with E-state index in [4.69, 9.17) is 19.6 Å². The lowest BCUT2D eigenvalue weighted by Crippen LogP contribution is -2.34. The van der Waals surface area contributed by atoms with Gasteiger partial charge in [-0.25, -0.2) is 13.7 Å². The topological polar surface area (TPSA) is 188 Å². The normalized spacial score (nSPS) is 16.2. The number of hydrogen-bond donors (Lipinski definition) is 5. The molecule has 0 saturated heterocycles. The van der Waals surface area contributed by atoms with Gasteiger partial charge in [0.15, 0.2) is 0 Å². The summed E-state index contributed by atoms with van der Waals surface area (Å²) in [6.45, 7) is -0.941. The molecule has 0 amide bonds. The lowest BCUT2D eigenvalue weighted by molar-refractivity contribution is 0.0187. The van der Waals surface area contributed by atoms with Gasteiger partial charge in [-0.05, 0) is 0 Å². The first kappa shape index (κ1) is 18.9. The van der Waals surface area contributed by atoms with Crippen molar-refractivity contribution in [2.45, 2.75) is 12.6 Å². The maximum Gasteiger partial charge on any atom is 0.476 e. The van der Waals surface area contributed by atoms with Gasteiger partial charge in [-0.15, -0.1) is 0 Å². The monoisotopic (exact) mass is 360 g/mol. The molecule has 0 aromatic carbocycles. The molecule has 0 aliphatic rings. The fraction of sp³-hybridized carbons (Fsp3) is 0.500. The number of ether oxygens (including phenoxy) is 1. The lowest BCUT2D eigenvalue weighted by atomic mass is 10.3. The predicted octanol–water partition coefficient (Wildman–Crippen LogP) is -1.83. The van der Waals surface area contributed by atoms with Crippen molar-refractivity contribution in [3.63, 3.8) is 0 Å². The molecule has 1 heterocycles. The van der Waals surface area contributed by atoms with E-state index in [0.29, 0.717) is 0 Å². The third-order valence-electron chi connectivity index (χ3n) is 2.21. The molecule has 5 N–H and O–H groups in total. The molecule has 2 atom stereocenters. The zero-order valence-corrected chi connectivity index (χ0v) is 12.7. The van der Waals surface area contributed by atoms with Crippen LogP contribution in [0, 0.1) is 0 Å². The summed E-state index contributed by atoms with van der Waals surface area (Å²) >= 11 is 0. The molecule has 0 radical (unpaired) electrons. The Kier molecular flexibility index (Phi) is 6.41. The van der Waals surface area contributed by atoms with Crippen molar-refractivity contribution in [1.29, 1.82) is 0 Å². The van der Waals surface area contributed by atoms with Gasteiger partial charge >= 0.3 is 21.1 Å². The number of aromatic amines is 1. The quantitative estimate of drug-likeness (QED) is 0.330. The minimum absolute atomic E-state index is 0.276. The van der Waals surface area contributed by atoms with Crippen LogP contribution in [0.5, 0.6) is 0 Å². The average Bonchev–Trinajstić information content (AvgIpc) is 2.34. The average molecular weight is 360 g/mol. The zero-order valence-electron chi connectivity index (χ0n) is 10.9. The number of nitrogens with one attached hydrogen (secondary N) is 1. The molecule has 14 heteroatoms.